The molecule has 0 aliphatic carbocycles. The number of ether oxygens (including phenoxy) is 4. The number of benzene rings is 1. The van der Waals surface area contributed by atoms with E-state index in [0.29, 0.717) is 38.2 Å². The molecule has 0 bridgehead atoms. The van der Waals surface area contributed by atoms with E-state index in [0.717, 1.165) is 37.0 Å². The van der Waals surface area contributed by atoms with Gasteiger partial charge in [0.15, 0.2) is 0 Å². The summed E-state index contributed by atoms with van der Waals surface area (Å²) in [5, 5.41) is 8.83. The first-order valence-corrected chi connectivity index (χ1v) is 9.73. The molecule has 0 aliphatic heterocycles. The molecule has 0 fully saturated rings. The summed E-state index contributed by atoms with van der Waals surface area (Å²) >= 11 is 0. The smallest absolute Gasteiger partial charge is 0.305 e. The monoisotopic (exact) mass is 396 g/mol. The van der Waals surface area contributed by atoms with Gasteiger partial charge in [-0.3, -0.25) is 9.59 Å². The Kier molecular flexibility index (Phi) is 12.5. The Morgan fingerprint density at radius 3 is 2.25 bits per heavy atom. The van der Waals surface area contributed by atoms with Gasteiger partial charge < -0.3 is 24.1 Å². The van der Waals surface area contributed by atoms with Crippen LogP contribution in [0.15, 0.2) is 18.2 Å². The second kappa shape index (κ2) is 14.7. The van der Waals surface area contributed by atoms with E-state index in [1.807, 2.05) is 18.2 Å². The number of carbonyl (C=O) groups excluding carboxylic acids is 2. The van der Waals surface area contributed by atoms with Gasteiger partial charge in [0.25, 0.3) is 0 Å². The lowest BCUT2D eigenvalue weighted by Gasteiger charge is -2.14. The Morgan fingerprint density at radius 2 is 1.54 bits per heavy atom. The third kappa shape index (κ3) is 10.2. The summed E-state index contributed by atoms with van der Waals surface area (Å²) in [6, 6.07) is 5.57. The van der Waals surface area contributed by atoms with Crippen LogP contribution < -0.4 is 9.47 Å². The van der Waals surface area contributed by atoms with E-state index in [2.05, 4.69) is 4.74 Å². The lowest BCUT2D eigenvalue weighted by molar-refractivity contribution is -0.141. The first-order chi connectivity index (χ1) is 13.6. The van der Waals surface area contributed by atoms with Crippen LogP contribution in [0.25, 0.3) is 0 Å². The molecule has 1 N–H and O–H groups in total. The van der Waals surface area contributed by atoms with E-state index < -0.39 is 0 Å². The zero-order valence-corrected chi connectivity index (χ0v) is 16.9. The van der Waals surface area contributed by atoms with E-state index in [4.69, 9.17) is 19.3 Å². The van der Waals surface area contributed by atoms with Crippen LogP contribution in [0.5, 0.6) is 11.5 Å². The summed E-state index contributed by atoms with van der Waals surface area (Å²) in [4.78, 5) is 22.6. The number of hydrogen-bond acceptors (Lipinski definition) is 7. The standard InChI is InChI=1S/C21H32O7/c1-25-20(23)8-4-7-14-27-18-10-11-19(28-15-6-3-5-13-22)17(16-18)9-12-21(24)26-2/h10-11,16,22H,3-9,12-15H2,1-2H3. The Bertz CT molecular complexity index is 586. The minimum Gasteiger partial charge on any atom is -0.494 e. The molecule has 0 atom stereocenters. The fourth-order valence-electron chi connectivity index (χ4n) is 2.56. The zero-order chi connectivity index (χ0) is 20.6. The van der Waals surface area contributed by atoms with E-state index in [1.54, 1.807) is 0 Å². The second-order valence-corrected chi connectivity index (χ2v) is 6.36. The van der Waals surface area contributed by atoms with Gasteiger partial charge in [-0.15, -0.1) is 0 Å². The van der Waals surface area contributed by atoms with Crippen molar-refractivity contribution < 1.29 is 33.6 Å². The van der Waals surface area contributed by atoms with Gasteiger partial charge in [0, 0.05) is 19.4 Å². The molecule has 0 heterocycles. The largest absolute Gasteiger partial charge is 0.494 e. The van der Waals surface area contributed by atoms with Crippen LogP contribution in [-0.4, -0.2) is 51.1 Å². The first kappa shape index (κ1) is 23.8. The fourth-order valence-corrected chi connectivity index (χ4v) is 2.56. The summed E-state index contributed by atoms with van der Waals surface area (Å²) in [5.41, 5.74) is 0.889. The Morgan fingerprint density at radius 1 is 0.857 bits per heavy atom. The molecular weight excluding hydrogens is 364 g/mol. The number of aliphatic hydroxyl groups is 1. The molecular formula is C21H32O7. The van der Waals surface area contributed by atoms with Crippen molar-refractivity contribution in [3.05, 3.63) is 23.8 Å². The quantitative estimate of drug-likeness (QED) is 0.360. The SMILES string of the molecule is COC(=O)CCCCOc1ccc(OCCCCCO)c(CCC(=O)OC)c1. The van der Waals surface area contributed by atoms with Crippen molar-refractivity contribution in [2.24, 2.45) is 0 Å². The second-order valence-electron chi connectivity index (χ2n) is 6.36. The number of aliphatic hydroxyl groups excluding tert-OH is 1. The van der Waals surface area contributed by atoms with Crippen LogP contribution in [0.2, 0.25) is 0 Å². The molecule has 0 saturated carbocycles. The maximum Gasteiger partial charge on any atom is 0.305 e. The first-order valence-electron chi connectivity index (χ1n) is 9.73. The lowest BCUT2D eigenvalue weighted by atomic mass is 10.1. The summed E-state index contributed by atoms with van der Waals surface area (Å²) in [6.07, 6.45) is 5.12. The van der Waals surface area contributed by atoms with Crippen molar-refractivity contribution >= 4 is 11.9 Å². The number of rotatable bonds is 15. The van der Waals surface area contributed by atoms with Crippen LogP contribution in [0.1, 0.15) is 50.5 Å². The molecule has 7 nitrogen and oxygen atoms in total. The van der Waals surface area contributed by atoms with Crippen molar-refractivity contribution in [1.82, 2.24) is 0 Å². The highest BCUT2D eigenvalue weighted by atomic mass is 16.5. The topological polar surface area (TPSA) is 91.3 Å². The van der Waals surface area contributed by atoms with Crippen LogP contribution in [0.3, 0.4) is 0 Å². The Balaban J connectivity index is 2.58. The van der Waals surface area contributed by atoms with Crippen molar-refractivity contribution in [3.63, 3.8) is 0 Å². The number of esters is 2. The zero-order valence-electron chi connectivity index (χ0n) is 16.9. The van der Waals surface area contributed by atoms with E-state index in [1.165, 1.54) is 14.2 Å². The van der Waals surface area contributed by atoms with Crippen LogP contribution in [-0.2, 0) is 25.5 Å². The predicted molar refractivity (Wildman–Crippen MR) is 105 cm³/mol. The van der Waals surface area contributed by atoms with E-state index in [9.17, 15) is 9.59 Å². The van der Waals surface area contributed by atoms with E-state index in [-0.39, 0.29) is 25.0 Å². The highest BCUT2D eigenvalue weighted by Gasteiger charge is 2.10. The van der Waals surface area contributed by atoms with E-state index >= 15 is 0 Å². The summed E-state index contributed by atoms with van der Waals surface area (Å²) in [5.74, 6) is 0.935. The highest BCUT2D eigenvalue weighted by molar-refractivity contribution is 5.69. The molecule has 0 amide bonds. The van der Waals surface area contributed by atoms with Gasteiger partial charge >= 0.3 is 11.9 Å². The number of unbranched alkanes of at least 4 members (excludes halogenated alkanes) is 3. The average Bonchev–Trinajstić information content (AvgIpc) is 2.72. The van der Waals surface area contributed by atoms with Gasteiger partial charge in [-0.25, -0.2) is 0 Å². The molecule has 1 rings (SSSR count). The van der Waals surface area contributed by atoms with Crippen molar-refractivity contribution in [1.29, 1.82) is 0 Å². The maximum absolute atomic E-state index is 11.5. The highest BCUT2D eigenvalue weighted by Crippen LogP contribution is 2.26. The minimum absolute atomic E-state index is 0.191. The maximum atomic E-state index is 11.5. The van der Waals surface area contributed by atoms with Gasteiger partial charge in [-0.1, -0.05) is 0 Å². The van der Waals surface area contributed by atoms with Gasteiger partial charge in [-0.05, 0) is 62.3 Å². The van der Waals surface area contributed by atoms with Crippen LogP contribution >= 0.6 is 0 Å². The van der Waals surface area contributed by atoms with Crippen LogP contribution in [0, 0.1) is 0 Å². The third-order valence-electron chi connectivity index (χ3n) is 4.19. The summed E-state index contributed by atoms with van der Waals surface area (Å²) < 4.78 is 20.9. The van der Waals surface area contributed by atoms with Crippen molar-refractivity contribution in [2.75, 3.05) is 34.0 Å². The molecule has 0 saturated heterocycles. The Labute approximate surface area is 166 Å². The fraction of sp³-hybridized carbons (Fsp3) is 0.619. The molecule has 0 radical (unpaired) electrons. The normalized spacial score (nSPS) is 10.4. The molecule has 158 valence electrons. The molecule has 0 aromatic heterocycles. The number of aryl methyl sites for hydroxylation is 1. The predicted octanol–water partition coefficient (Wildman–Crippen LogP) is 3.06. The molecule has 0 aliphatic rings. The van der Waals surface area contributed by atoms with Crippen molar-refractivity contribution in [2.45, 2.75) is 51.4 Å². The Hall–Kier alpha value is -2.28. The molecule has 0 spiro atoms. The van der Waals surface area contributed by atoms with Gasteiger partial charge in [0.2, 0.25) is 0 Å². The van der Waals surface area contributed by atoms with Crippen molar-refractivity contribution in [3.8, 4) is 11.5 Å². The molecule has 0 unspecified atom stereocenters. The third-order valence-corrected chi connectivity index (χ3v) is 4.19. The number of methoxy groups -OCH3 is 2. The number of hydrogen-bond donors (Lipinski definition) is 1. The van der Waals surface area contributed by atoms with Crippen LogP contribution in [0.4, 0.5) is 0 Å². The summed E-state index contributed by atoms with van der Waals surface area (Å²) in [7, 11) is 2.75. The molecule has 1 aromatic carbocycles. The minimum atomic E-state index is -0.275. The van der Waals surface area contributed by atoms with Gasteiger partial charge in [-0.2, -0.15) is 0 Å². The van der Waals surface area contributed by atoms with Gasteiger partial charge in [0.05, 0.1) is 27.4 Å². The lowest BCUT2D eigenvalue weighted by Crippen LogP contribution is -2.06. The molecule has 1 aromatic rings. The van der Waals surface area contributed by atoms with Gasteiger partial charge in [0.1, 0.15) is 11.5 Å². The molecule has 28 heavy (non-hydrogen) atoms. The molecule has 7 heteroatoms. The summed E-state index contributed by atoms with van der Waals surface area (Å²) in [6.45, 7) is 1.24. The average molecular weight is 396 g/mol. The number of carbonyl (C=O) groups is 2.